The summed E-state index contributed by atoms with van der Waals surface area (Å²) in [6, 6.07) is 69.1. The fraction of sp³-hybridized carbons (Fsp3) is 0. The molecule has 10 rings (SSSR count). The van der Waals surface area contributed by atoms with Gasteiger partial charge in [0.05, 0.1) is 11.4 Å². The second kappa shape index (κ2) is 12.5. The van der Waals surface area contributed by atoms with Crippen molar-refractivity contribution in [2.75, 3.05) is 0 Å². The highest BCUT2D eigenvalue weighted by atomic mass is 14.9. The second-order valence-corrected chi connectivity index (χ2v) is 13.3. The summed E-state index contributed by atoms with van der Waals surface area (Å²) in [6.45, 7) is 0. The van der Waals surface area contributed by atoms with E-state index < -0.39 is 0 Å². The first kappa shape index (κ1) is 30.0. The summed E-state index contributed by atoms with van der Waals surface area (Å²) in [6.07, 6.45) is 0. The molecule has 0 bridgehead atoms. The average Bonchev–Trinajstić information content (AvgIpc) is 3.56. The van der Waals surface area contributed by atoms with Crippen LogP contribution in [0, 0.1) is 0 Å². The van der Waals surface area contributed by atoms with E-state index in [2.05, 4.69) is 188 Å². The monoisotopic (exact) mass is 660 g/mol. The van der Waals surface area contributed by atoms with Crippen molar-refractivity contribution in [3.63, 3.8) is 0 Å². The first-order valence-electron chi connectivity index (χ1n) is 17.7. The zero-order valence-corrected chi connectivity index (χ0v) is 28.4. The van der Waals surface area contributed by atoms with Crippen LogP contribution in [-0.4, -0.2) is 9.97 Å². The predicted octanol–water partition coefficient (Wildman–Crippen LogP) is 13.3. The summed E-state index contributed by atoms with van der Waals surface area (Å²) in [5.74, 6) is 0.704. The van der Waals surface area contributed by atoms with Crippen molar-refractivity contribution in [3.8, 4) is 89.5 Å². The van der Waals surface area contributed by atoms with Gasteiger partial charge in [0.25, 0.3) is 0 Å². The van der Waals surface area contributed by atoms with Gasteiger partial charge in [0.2, 0.25) is 0 Å². The van der Waals surface area contributed by atoms with Crippen LogP contribution in [0.2, 0.25) is 0 Å². The summed E-state index contributed by atoms with van der Waals surface area (Å²) in [5.41, 5.74) is 17.3. The van der Waals surface area contributed by atoms with E-state index in [1.807, 2.05) is 6.07 Å². The van der Waals surface area contributed by atoms with E-state index in [9.17, 15) is 0 Å². The van der Waals surface area contributed by atoms with Crippen LogP contribution in [0.4, 0.5) is 0 Å². The number of aromatic nitrogens is 2. The van der Waals surface area contributed by atoms with Gasteiger partial charge >= 0.3 is 0 Å². The van der Waals surface area contributed by atoms with Crippen molar-refractivity contribution >= 4 is 10.8 Å². The van der Waals surface area contributed by atoms with Crippen molar-refractivity contribution in [2.24, 2.45) is 0 Å². The lowest BCUT2D eigenvalue weighted by Crippen LogP contribution is -1.97. The number of fused-ring (bicyclic) bond motifs is 3. The molecule has 242 valence electrons. The molecule has 2 nitrogen and oxygen atoms in total. The van der Waals surface area contributed by atoms with Gasteiger partial charge in [-0.3, -0.25) is 0 Å². The molecule has 0 saturated heterocycles. The van der Waals surface area contributed by atoms with Crippen LogP contribution in [-0.2, 0) is 0 Å². The van der Waals surface area contributed by atoms with E-state index in [0.29, 0.717) is 5.82 Å². The summed E-state index contributed by atoms with van der Waals surface area (Å²) in [4.78, 5) is 10.3. The molecular formula is C50H32N2. The molecule has 0 radical (unpaired) electrons. The van der Waals surface area contributed by atoms with Gasteiger partial charge < -0.3 is 0 Å². The average molecular weight is 661 g/mol. The molecule has 0 unspecified atom stereocenters. The van der Waals surface area contributed by atoms with Gasteiger partial charge in [-0.05, 0) is 72.5 Å². The maximum atomic E-state index is 5.18. The molecule has 0 spiro atoms. The van der Waals surface area contributed by atoms with Gasteiger partial charge in [-0.2, -0.15) is 0 Å². The summed E-state index contributed by atoms with van der Waals surface area (Å²) >= 11 is 0. The molecule has 1 heterocycles. The molecule has 0 atom stereocenters. The Labute approximate surface area is 303 Å². The zero-order valence-electron chi connectivity index (χ0n) is 28.4. The maximum absolute atomic E-state index is 5.18. The number of rotatable bonds is 6. The van der Waals surface area contributed by atoms with Gasteiger partial charge in [0.15, 0.2) is 5.82 Å². The van der Waals surface area contributed by atoms with Crippen LogP contribution in [0.25, 0.3) is 100 Å². The lowest BCUT2D eigenvalue weighted by atomic mass is 9.93. The van der Waals surface area contributed by atoms with Gasteiger partial charge in [-0.1, -0.05) is 188 Å². The molecule has 0 saturated carbocycles. The molecule has 0 N–H and O–H groups in total. The van der Waals surface area contributed by atoms with Gasteiger partial charge in [-0.15, -0.1) is 0 Å². The minimum Gasteiger partial charge on any atom is -0.228 e. The van der Waals surface area contributed by atoms with Crippen LogP contribution in [0.5, 0.6) is 0 Å². The lowest BCUT2D eigenvalue weighted by Gasteiger charge is -2.13. The van der Waals surface area contributed by atoms with E-state index in [1.165, 1.54) is 49.7 Å². The van der Waals surface area contributed by atoms with E-state index in [0.717, 1.165) is 44.8 Å². The highest BCUT2D eigenvalue weighted by Crippen LogP contribution is 2.49. The molecule has 52 heavy (non-hydrogen) atoms. The van der Waals surface area contributed by atoms with E-state index in [-0.39, 0.29) is 0 Å². The number of hydrogen-bond acceptors (Lipinski definition) is 2. The Morgan fingerprint density at radius 3 is 1.38 bits per heavy atom. The van der Waals surface area contributed by atoms with Gasteiger partial charge in [0.1, 0.15) is 0 Å². The largest absolute Gasteiger partial charge is 0.228 e. The van der Waals surface area contributed by atoms with E-state index >= 15 is 0 Å². The van der Waals surface area contributed by atoms with Crippen molar-refractivity contribution in [2.45, 2.75) is 0 Å². The van der Waals surface area contributed by atoms with Gasteiger partial charge in [0, 0.05) is 16.7 Å². The van der Waals surface area contributed by atoms with Crippen molar-refractivity contribution < 1.29 is 0 Å². The Hall–Kier alpha value is -6.90. The third-order valence-electron chi connectivity index (χ3n) is 10.3. The molecule has 1 aliphatic carbocycles. The third-order valence-corrected chi connectivity index (χ3v) is 10.3. The Morgan fingerprint density at radius 1 is 0.250 bits per heavy atom. The first-order valence-corrected chi connectivity index (χ1v) is 17.7. The molecule has 0 amide bonds. The van der Waals surface area contributed by atoms with Crippen molar-refractivity contribution in [3.05, 3.63) is 194 Å². The molecular weight excluding hydrogens is 629 g/mol. The van der Waals surface area contributed by atoms with E-state index in [1.54, 1.807) is 0 Å². The Kier molecular flexibility index (Phi) is 7.18. The Bertz CT molecular complexity index is 2720. The van der Waals surface area contributed by atoms with Crippen molar-refractivity contribution in [1.82, 2.24) is 9.97 Å². The summed E-state index contributed by atoms with van der Waals surface area (Å²) in [7, 11) is 0. The number of benzene rings is 8. The minimum absolute atomic E-state index is 0.704. The second-order valence-electron chi connectivity index (χ2n) is 13.3. The zero-order chi connectivity index (χ0) is 34.4. The van der Waals surface area contributed by atoms with Crippen LogP contribution >= 0.6 is 0 Å². The van der Waals surface area contributed by atoms with Gasteiger partial charge in [-0.25, -0.2) is 9.97 Å². The normalized spacial score (nSPS) is 11.5. The summed E-state index contributed by atoms with van der Waals surface area (Å²) < 4.78 is 0. The molecule has 9 aromatic rings. The molecule has 2 heteroatoms. The Morgan fingerprint density at radius 2 is 0.712 bits per heavy atom. The molecule has 1 aromatic heterocycles. The van der Waals surface area contributed by atoms with Crippen molar-refractivity contribution in [1.29, 1.82) is 0 Å². The molecule has 0 aliphatic heterocycles. The molecule has 8 aromatic carbocycles. The third kappa shape index (κ3) is 5.12. The van der Waals surface area contributed by atoms with Crippen LogP contribution in [0.1, 0.15) is 0 Å². The van der Waals surface area contributed by atoms with Crippen LogP contribution in [0.15, 0.2) is 194 Å². The summed E-state index contributed by atoms with van der Waals surface area (Å²) in [5, 5.41) is 2.65. The smallest absolute Gasteiger partial charge is 0.160 e. The highest BCUT2D eigenvalue weighted by molar-refractivity contribution is 6.18. The standard InChI is InChI=1S/C50H32N2/c1-3-12-35(13-4-1)39-16-7-10-19-43(39)48-32-47(37-14-5-2-6-15-37)51-50(52-48)38-28-24-34(25-29-38)33-22-26-36(27-23-33)40-30-31-46-42-18-9-8-17-41(42)45-21-11-20-44(40)49(45)46/h1-32H. The molecule has 1 aliphatic rings. The Balaban J connectivity index is 0.997. The predicted molar refractivity (Wildman–Crippen MR) is 217 cm³/mol. The molecule has 0 fully saturated rings. The highest BCUT2D eigenvalue weighted by Gasteiger charge is 2.22. The fourth-order valence-electron chi connectivity index (χ4n) is 7.76. The van der Waals surface area contributed by atoms with Crippen LogP contribution in [0.3, 0.4) is 0 Å². The minimum atomic E-state index is 0.704. The fourth-order valence-corrected chi connectivity index (χ4v) is 7.76. The quantitative estimate of drug-likeness (QED) is 0.177. The number of nitrogens with zero attached hydrogens (tertiary/aromatic N) is 2. The van der Waals surface area contributed by atoms with Crippen LogP contribution < -0.4 is 0 Å². The maximum Gasteiger partial charge on any atom is 0.160 e. The SMILES string of the molecule is c1ccc(-c2cc(-c3ccccc3-c3ccccc3)nc(-c3ccc(-c4ccc(-c5ccc6c7c(cccc57)-c5ccccc5-6)cc4)cc3)n2)cc1. The topological polar surface area (TPSA) is 25.8 Å². The lowest BCUT2D eigenvalue weighted by molar-refractivity contribution is 1.18. The first-order chi connectivity index (χ1) is 25.8. The number of hydrogen-bond donors (Lipinski definition) is 0. The van der Waals surface area contributed by atoms with E-state index in [4.69, 9.17) is 9.97 Å².